The molecule has 0 aromatic carbocycles. The van der Waals surface area contributed by atoms with Gasteiger partial charge in [-0.15, -0.1) is 0 Å². The Bertz CT molecular complexity index is 279. The molecule has 0 radical (unpaired) electrons. The van der Waals surface area contributed by atoms with Crippen LogP contribution < -0.4 is 10.1 Å². The zero-order valence-electron chi connectivity index (χ0n) is 6.53. The van der Waals surface area contributed by atoms with Crippen molar-refractivity contribution in [1.82, 2.24) is 0 Å². The maximum atomic E-state index is 10.9. The van der Waals surface area contributed by atoms with Crippen LogP contribution in [0.5, 0.6) is 5.75 Å². The van der Waals surface area contributed by atoms with Gasteiger partial charge in [0.15, 0.2) is 5.75 Å². The highest BCUT2D eigenvalue weighted by Crippen LogP contribution is 2.02. The van der Waals surface area contributed by atoms with Crippen LogP contribution in [0.4, 0.5) is 0 Å². The minimum absolute atomic E-state index is 0.328. The van der Waals surface area contributed by atoms with Gasteiger partial charge in [0.25, 0.3) is 0 Å². The van der Waals surface area contributed by atoms with E-state index in [0.717, 1.165) is 0 Å². The fourth-order valence-electron chi connectivity index (χ4n) is 0.695. The van der Waals surface area contributed by atoms with Gasteiger partial charge in [0, 0.05) is 0 Å². The van der Waals surface area contributed by atoms with E-state index in [-0.39, 0.29) is 0 Å². The van der Waals surface area contributed by atoms with Crippen LogP contribution in [-0.2, 0) is 0 Å². The van der Waals surface area contributed by atoms with Gasteiger partial charge in [-0.1, -0.05) is 0 Å². The largest absolute Gasteiger partial charge is 0.542 e. The zero-order valence-corrected chi connectivity index (χ0v) is 7.69. The van der Waals surface area contributed by atoms with Gasteiger partial charge < -0.3 is 8.84 Å². The molecule has 1 aromatic heterocycles. The van der Waals surface area contributed by atoms with E-state index in [1.807, 2.05) is 13.1 Å². The minimum Gasteiger partial charge on any atom is -0.542 e. The molecule has 0 atom stereocenters. The lowest BCUT2D eigenvalue weighted by molar-refractivity contribution is 0.461. The van der Waals surface area contributed by atoms with Crippen LogP contribution >= 0.6 is 0 Å². The Morgan fingerprint density at radius 2 is 2.27 bits per heavy atom. The molecule has 0 fully saturated rings. The molecule has 0 aliphatic rings. The Labute approximate surface area is 66.3 Å². The van der Waals surface area contributed by atoms with Crippen LogP contribution in [0.1, 0.15) is 0 Å². The van der Waals surface area contributed by atoms with Gasteiger partial charge in [-0.3, -0.25) is 0 Å². The third-order valence-electron chi connectivity index (χ3n) is 1.07. The topological polar surface area (TPSA) is 39.4 Å². The smallest absolute Gasteiger partial charge is 0.377 e. The van der Waals surface area contributed by atoms with Crippen LogP contribution in [0.25, 0.3) is 0 Å². The molecule has 1 aromatic rings. The lowest BCUT2D eigenvalue weighted by Gasteiger charge is -2.05. The van der Waals surface area contributed by atoms with Crippen molar-refractivity contribution in [2.45, 2.75) is 13.1 Å². The lowest BCUT2D eigenvalue weighted by atomic mass is 10.5. The molecule has 0 aliphatic heterocycles. The maximum absolute atomic E-state index is 10.9. The summed E-state index contributed by atoms with van der Waals surface area (Å²) in [7, 11) is -1.19. The first-order valence-corrected chi connectivity index (χ1v) is 6.22. The van der Waals surface area contributed by atoms with Gasteiger partial charge in [0.05, 0.1) is 6.26 Å². The molecule has 0 aliphatic carbocycles. The molecule has 0 bridgehead atoms. The molecule has 0 saturated heterocycles. The van der Waals surface area contributed by atoms with Gasteiger partial charge in [0.1, 0.15) is 0 Å². The number of rotatable bonds is 2. The molecule has 0 N–H and O–H groups in total. The van der Waals surface area contributed by atoms with Crippen LogP contribution in [0, 0.1) is 0 Å². The molecular formula is C7H10O3Si. The van der Waals surface area contributed by atoms with E-state index in [1.54, 1.807) is 12.1 Å². The quantitative estimate of drug-likeness (QED) is 0.622. The van der Waals surface area contributed by atoms with Crippen molar-refractivity contribution < 1.29 is 8.84 Å². The summed E-state index contributed by atoms with van der Waals surface area (Å²) in [5, 5.41) is 0. The average Bonchev–Trinajstić information content (AvgIpc) is 1.93. The van der Waals surface area contributed by atoms with Crippen LogP contribution in [0.3, 0.4) is 0 Å². The van der Waals surface area contributed by atoms with Crippen molar-refractivity contribution in [3.05, 3.63) is 28.8 Å². The highest BCUT2D eigenvalue weighted by molar-refractivity contribution is 6.49. The van der Waals surface area contributed by atoms with Crippen molar-refractivity contribution in [3.8, 4) is 5.75 Å². The molecule has 0 spiro atoms. The van der Waals surface area contributed by atoms with E-state index in [0.29, 0.717) is 5.75 Å². The number of hydrogen-bond acceptors (Lipinski definition) is 3. The molecule has 1 heterocycles. The van der Waals surface area contributed by atoms with E-state index in [2.05, 4.69) is 4.42 Å². The number of hydrogen-bond donors (Lipinski definition) is 0. The normalized spacial score (nSPS) is 10.1. The van der Waals surface area contributed by atoms with Crippen LogP contribution in [0.2, 0.25) is 13.1 Å². The Balaban J connectivity index is 2.87. The highest BCUT2D eigenvalue weighted by atomic mass is 28.3. The van der Waals surface area contributed by atoms with Gasteiger partial charge in [0.2, 0.25) is 9.04 Å². The molecular weight excluding hydrogens is 160 g/mol. The first kappa shape index (κ1) is 8.07. The van der Waals surface area contributed by atoms with Crippen molar-refractivity contribution in [2.75, 3.05) is 0 Å². The molecule has 0 amide bonds. The Kier molecular flexibility index (Phi) is 2.48. The Morgan fingerprint density at radius 1 is 1.55 bits per heavy atom. The van der Waals surface area contributed by atoms with Crippen molar-refractivity contribution in [3.63, 3.8) is 0 Å². The molecule has 11 heavy (non-hydrogen) atoms. The molecule has 1 rings (SSSR count). The fraction of sp³-hybridized carbons (Fsp3) is 0.286. The first-order chi connectivity index (χ1) is 5.20. The predicted molar refractivity (Wildman–Crippen MR) is 44.5 cm³/mol. The van der Waals surface area contributed by atoms with Crippen molar-refractivity contribution in [2.24, 2.45) is 0 Å². The van der Waals surface area contributed by atoms with Crippen LogP contribution in [-0.4, -0.2) is 9.04 Å². The predicted octanol–water partition coefficient (Wildman–Crippen LogP) is 1.00. The van der Waals surface area contributed by atoms with E-state index in [1.165, 1.54) is 6.26 Å². The Hall–Kier alpha value is -1.03. The SMILES string of the molecule is C[SiH](C)Oc1cccoc1=O. The van der Waals surface area contributed by atoms with Gasteiger partial charge in [-0.2, -0.15) is 0 Å². The minimum atomic E-state index is -1.19. The maximum Gasteiger partial charge on any atom is 0.377 e. The zero-order chi connectivity index (χ0) is 8.27. The lowest BCUT2D eigenvalue weighted by Crippen LogP contribution is -2.16. The second kappa shape index (κ2) is 3.38. The van der Waals surface area contributed by atoms with E-state index in [9.17, 15) is 4.79 Å². The summed E-state index contributed by atoms with van der Waals surface area (Å²) in [5.74, 6) is 0.328. The third-order valence-corrected chi connectivity index (χ3v) is 1.79. The first-order valence-electron chi connectivity index (χ1n) is 3.44. The van der Waals surface area contributed by atoms with E-state index < -0.39 is 14.7 Å². The Morgan fingerprint density at radius 3 is 2.82 bits per heavy atom. The fourth-order valence-corrected chi connectivity index (χ4v) is 1.38. The summed E-state index contributed by atoms with van der Waals surface area (Å²) in [5.41, 5.74) is -0.395. The standard InChI is InChI=1S/C7H10O3Si/c1-11(2)10-6-4-3-5-9-7(6)8/h3-5,11H,1-2H3. The van der Waals surface area contributed by atoms with Crippen molar-refractivity contribution >= 4 is 9.04 Å². The van der Waals surface area contributed by atoms with E-state index >= 15 is 0 Å². The molecule has 4 heteroatoms. The molecule has 0 unspecified atom stereocenters. The molecule has 3 nitrogen and oxygen atoms in total. The molecule has 0 saturated carbocycles. The molecule has 60 valence electrons. The summed E-state index contributed by atoms with van der Waals surface area (Å²) in [6.45, 7) is 3.99. The van der Waals surface area contributed by atoms with Crippen LogP contribution in [0.15, 0.2) is 27.6 Å². The van der Waals surface area contributed by atoms with E-state index in [4.69, 9.17) is 4.43 Å². The summed E-state index contributed by atoms with van der Waals surface area (Å²) < 4.78 is 9.88. The monoisotopic (exact) mass is 170 g/mol. The van der Waals surface area contributed by atoms with Gasteiger partial charge in [-0.25, -0.2) is 4.79 Å². The second-order valence-corrected chi connectivity index (χ2v) is 4.76. The van der Waals surface area contributed by atoms with Crippen molar-refractivity contribution in [1.29, 1.82) is 0 Å². The van der Waals surface area contributed by atoms with Gasteiger partial charge in [-0.05, 0) is 25.2 Å². The summed E-state index contributed by atoms with van der Waals surface area (Å²) in [4.78, 5) is 10.9. The summed E-state index contributed by atoms with van der Waals surface area (Å²) in [6.07, 6.45) is 1.34. The summed E-state index contributed by atoms with van der Waals surface area (Å²) >= 11 is 0. The van der Waals surface area contributed by atoms with Gasteiger partial charge >= 0.3 is 5.63 Å². The summed E-state index contributed by atoms with van der Waals surface area (Å²) in [6, 6.07) is 3.27. The second-order valence-electron chi connectivity index (χ2n) is 2.43. The third kappa shape index (κ3) is 2.23. The highest BCUT2D eigenvalue weighted by Gasteiger charge is 2.02. The average molecular weight is 170 g/mol.